The summed E-state index contributed by atoms with van der Waals surface area (Å²) in [7, 11) is 0. The van der Waals surface area contributed by atoms with Crippen molar-refractivity contribution in [3.05, 3.63) is 24.0 Å². The summed E-state index contributed by atoms with van der Waals surface area (Å²) < 4.78 is 56.8. The molecule has 0 unspecified atom stereocenters. The SMILES string of the molecule is Fc1ccc([B-](F)(F)F)cc1OC1CCCCCC1.[K+]. The van der Waals surface area contributed by atoms with E-state index in [9.17, 15) is 17.3 Å². The summed E-state index contributed by atoms with van der Waals surface area (Å²) in [6.07, 6.45) is 5.56. The maximum atomic E-state index is 13.5. The molecule has 0 N–H and O–H groups in total. The van der Waals surface area contributed by atoms with Gasteiger partial charge in [-0.05, 0) is 37.8 Å². The summed E-state index contributed by atoms with van der Waals surface area (Å²) in [5, 5.41) is 0. The van der Waals surface area contributed by atoms with Gasteiger partial charge in [0.1, 0.15) is 0 Å². The van der Waals surface area contributed by atoms with E-state index in [4.69, 9.17) is 4.74 Å². The minimum atomic E-state index is -5.12. The van der Waals surface area contributed by atoms with E-state index in [1.807, 2.05) is 0 Å². The molecule has 1 saturated carbocycles. The predicted octanol–water partition coefficient (Wildman–Crippen LogP) is 0.986. The monoisotopic (exact) mass is 314 g/mol. The zero-order chi connectivity index (χ0) is 13.9. The number of rotatable bonds is 3. The summed E-state index contributed by atoms with van der Waals surface area (Å²) >= 11 is 0. The van der Waals surface area contributed by atoms with E-state index in [1.54, 1.807) is 0 Å². The van der Waals surface area contributed by atoms with Gasteiger partial charge in [-0.25, -0.2) is 4.39 Å². The second-order valence-corrected chi connectivity index (χ2v) is 5.00. The second kappa shape index (κ2) is 8.17. The Hall–Kier alpha value is 0.441. The fourth-order valence-electron chi connectivity index (χ4n) is 2.35. The van der Waals surface area contributed by atoms with E-state index < -0.39 is 18.3 Å². The Morgan fingerprint density at radius 2 is 1.60 bits per heavy atom. The first-order valence-electron chi connectivity index (χ1n) is 6.63. The first kappa shape index (κ1) is 18.5. The van der Waals surface area contributed by atoms with E-state index >= 15 is 0 Å². The molecule has 0 atom stereocenters. The summed E-state index contributed by atoms with van der Waals surface area (Å²) in [5.41, 5.74) is -0.815. The molecule has 0 heterocycles. The van der Waals surface area contributed by atoms with Crippen molar-refractivity contribution in [1.29, 1.82) is 0 Å². The number of halogens is 4. The third-order valence-electron chi connectivity index (χ3n) is 3.43. The van der Waals surface area contributed by atoms with Gasteiger partial charge < -0.3 is 17.7 Å². The van der Waals surface area contributed by atoms with Crippen molar-refractivity contribution in [2.45, 2.75) is 44.6 Å². The topological polar surface area (TPSA) is 9.23 Å². The van der Waals surface area contributed by atoms with E-state index in [0.717, 1.165) is 56.7 Å². The van der Waals surface area contributed by atoms with Crippen molar-refractivity contribution >= 4 is 12.4 Å². The first-order chi connectivity index (χ1) is 8.97. The van der Waals surface area contributed by atoms with Gasteiger partial charge in [0, 0.05) is 0 Å². The van der Waals surface area contributed by atoms with Crippen LogP contribution >= 0.6 is 0 Å². The summed E-state index contributed by atoms with van der Waals surface area (Å²) in [6, 6.07) is 2.37. The average Bonchev–Trinajstić information content (AvgIpc) is 2.59. The van der Waals surface area contributed by atoms with Gasteiger partial charge in [-0.2, -0.15) is 0 Å². The Morgan fingerprint density at radius 3 is 2.15 bits per heavy atom. The van der Waals surface area contributed by atoms with E-state index in [2.05, 4.69) is 0 Å². The Labute approximate surface area is 158 Å². The molecule has 1 aromatic carbocycles. The minimum Gasteiger partial charge on any atom is -0.487 e. The molecule has 106 valence electrons. The molecule has 0 aliphatic heterocycles. The standard InChI is InChI=1S/C13H16BF4O.K/c15-12-8-7-10(14(16,17)18)9-13(12)19-11-5-3-1-2-4-6-11;/h7-9,11H,1-6H2;/q-1;+1. The maximum Gasteiger partial charge on any atom is 1.00 e. The molecule has 0 bridgehead atoms. The van der Waals surface area contributed by atoms with Crippen LogP contribution in [0.4, 0.5) is 17.3 Å². The molecule has 1 nitrogen and oxygen atoms in total. The van der Waals surface area contributed by atoms with E-state index in [-0.39, 0.29) is 63.2 Å². The Bertz CT molecular complexity index is 431. The molecule has 7 heteroatoms. The van der Waals surface area contributed by atoms with Crippen LogP contribution in [0.5, 0.6) is 5.75 Å². The molecule has 0 spiro atoms. The van der Waals surface area contributed by atoms with Crippen molar-refractivity contribution in [2.24, 2.45) is 0 Å². The molecule has 1 aliphatic rings. The number of benzene rings is 1. The zero-order valence-corrected chi connectivity index (χ0v) is 14.7. The first-order valence-corrected chi connectivity index (χ1v) is 6.63. The van der Waals surface area contributed by atoms with Gasteiger partial charge in [-0.15, -0.1) is 5.46 Å². The van der Waals surface area contributed by atoms with Gasteiger partial charge in [0.25, 0.3) is 0 Å². The molecule has 1 aliphatic carbocycles. The van der Waals surface area contributed by atoms with Crippen LogP contribution in [-0.4, -0.2) is 13.1 Å². The van der Waals surface area contributed by atoms with Gasteiger partial charge in [-0.3, -0.25) is 0 Å². The minimum absolute atomic E-state index is 0. The smallest absolute Gasteiger partial charge is 0.487 e. The Kier molecular flexibility index (Phi) is 7.56. The van der Waals surface area contributed by atoms with Crippen LogP contribution in [0.2, 0.25) is 0 Å². The van der Waals surface area contributed by atoms with Crippen LogP contribution in [0.1, 0.15) is 38.5 Å². The van der Waals surface area contributed by atoms with Crippen LogP contribution < -0.4 is 61.6 Å². The fourth-order valence-corrected chi connectivity index (χ4v) is 2.35. The van der Waals surface area contributed by atoms with Crippen LogP contribution in [0.3, 0.4) is 0 Å². The number of hydrogen-bond acceptors (Lipinski definition) is 1. The summed E-state index contributed by atoms with van der Waals surface area (Å²) in [4.78, 5) is 0. The summed E-state index contributed by atoms with van der Waals surface area (Å²) in [5.74, 6) is -1.00. The van der Waals surface area contributed by atoms with E-state index in [1.165, 1.54) is 0 Å². The molecule has 0 amide bonds. The third kappa shape index (κ3) is 5.33. The zero-order valence-electron chi connectivity index (χ0n) is 11.5. The van der Waals surface area contributed by atoms with Crippen LogP contribution in [0.25, 0.3) is 0 Å². The van der Waals surface area contributed by atoms with Crippen molar-refractivity contribution in [2.75, 3.05) is 0 Å². The quantitative estimate of drug-likeness (QED) is 0.459. The molecular weight excluding hydrogens is 298 g/mol. The molecule has 1 fully saturated rings. The van der Waals surface area contributed by atoms with Gasteiger partial charge in [0.2, 0.25) is 0 Å². The number of hydrogen-bond donors (Lipinski definition) is 0. The molecule has 0 radical (unpaired) electrons. The summed E-state index contributed by atoms with van der Waals surface area (Å²) in [6.45, 7) is -5.12. The average molecular weight is 314 g/mol. The van der Waals surface area contributed by atoms with Gasteiger partial charge >= 0.3 is 58.4 Å². The van der Waals surface area contributed by atoms with Crippen LogP contribution in [0, 0.1) is 5.82 Å². The molecule has 2 rings (SSSR count). The van der Waals surface area contributed by atoms with Crippen molar-refractivity contribution in [3.63, 3.8) is 0 Å². The molecule has 0 aromatic heterocycles. The molecular formula is C13H16BF4KO. The molecule has 0 saturated heterocycles. The van der Waals surface area contributed by atoms with Gasteiger partial charge in [0.05, 0.1) is 6.10 Å². The van der Waals surface area contributed by atoms with Gasteiger partial charge in [-0.1, -0.05) is 18.9 Å². The van der Waals surface area contributed by atoms with Crippen LogP contribution in [0.15, 0.2) is 18.2 Å². The van der Waals surface area contributed by atoms with Crippen molar-refractivity contribution in [1.82, 2.24) is 0 Å². The second-order valence-electron chi connectivity index (χ2n) is 5.00. The Morgan fingerprint density at radius 1 is 1.00 bits per heavy atom. The largest absolute Gasteiger partial charge is 1.00 e. The fraction of sp³-hybridized carbons (Fsp3) is 0.538. The van der Waals surface area contributed by atoms with Crippen molar-refractivity contribution < 1.29 is 73.5 Å². The maximum absolute atomic E-state index is 13.5. The van der Waals surface area contributed by atoms with Crippen LogP contribution in [-0.2, 0) is 0 Å². The molecule has 20 heavy (non-hydrogen) atoms. The van der Waals surface area contributed by atoms with E-state index in [0.29, 0.717) is 0 Å². The normalized spacial score (nSPS) is 17.2. The Balaban J connectivity index is 0.00000200. The number of ether oxygens (including phenoxy) is 1. The molecule has 1 aromatic rings. The third-order valence-corrected chi connectivity index (χ3v) is 3.43. The van der Waals surface area contributed by atoms with Crippen molar-refractivity contribution in [3.8, 4) is 5.75 Å². The predicted molar refractivity (Wildman–Crippen MR) is 67.2 cm³/mol. The van der Waals surface area contributed by atoms with Gasteiger partial charge in [0.15, 0.2) is 11.6 Å².